The summed E-state index contributed by atoms with van der Waals surface area (Å²) < 4.78 is 0.692. The molecule has 0 bridgehead atoms. The van der Waals surface area contributed by atoms with Crippen LogP contribution in [0.15, 0.2) is 36.4 Å². The van der Waals surface area contributed by atoms with Crippen LogP contribution in [0.25, 0.3) is 9.69 Å². The van der Waals surface area contributed by atoms with Crippen molar-refractivity contribution in [2.75, 3.05) is 21.1 Å². The summed E-state index contributed by atoms with van der Waals surface area (Å²) in [6.07, 6.45) is 0. The molecule has 0 aliphatic heterocycles. The molecular weight excluding hydrogens is 282 g/mol. The van der Waals surface area contributed by atoms with Crippen molar-refractivity contribution >= 4 is 17.1 Å². The first kappa shape index (κ1) is 18.4. The van der Waals surface area contributed by atoms with E-state index in [1.807, 2.05) is 57.2 Å². The van der Waals surface area contributed by atoms with Gasteiger partial charge in [0.15, 0.2) is 5.69 Å². The van der Waals surface area contributed by atoms with Crippen LogP contribution >= 0.6 is 0 Å². The third-order valence-electron chi connectivity index (χ3n) is 3.46. The van der Waals surface area contributed by atoms with Crippen molar-refractivity contribution in [2.24, 2.45) is 0 Å². The molecule has 2 rings (SSSR count). The van der Waals surface area contributed by atoms with Gasteiger partial charge in [0.05, 0.1) is 34.3 Å². The molecule has 0 radical (unpaired) electrons. The monoisotopic (exact) mass is 306 g/mol. The number of nitrogens with zero attached hydrogens (tertiary/aromatic N) is 3. The Labute approximate surface area is 140 Å². The number of benzene rings is 2. The van der Waals surface area contributed by atoms with E-state index in [-0.39, 0.29) is 0 Å². The van der Waals surface area contributed by atoms with Gasteiger partial charge in [0.25, 0.3) is 0 Å². The van der Waals surface area contributed by atoms with E-state index in [4.69, 9.17) is 13.1 Å². The standard InChI is InChI=1S/C11H15N2.C9H9N/c1-9-6-7-11(13(3,4)5)10(8-9)12-2;1-7-4-5-8(2)9(6-7)10-3/h6-8H,1,3-5H3;4-6H,1-2H3/q+1;. The lowest BCUT2D eigenvalue weighted by Gasteiger charge is -2.24. The molecule has 0 atom stereocenters. The van der Waals surface area contributed by atoms with E-state index in [0.717, 1.165) is 33.8 Å². The summed E-state index contributed by atoms with van der Waals surface area (Å²) in [6, 6.07) is 11.9. The summed E-state index contributed by atoms with van der Waals surface area (Å²) in [4.78, 5) is 6.91. The van der Waals surface area contributed by atoms with Gasteiger partial charge in [-0.05, 0) is 38.5 Å². The second-order valence-electron chi connectivity index (χ2n) is 6.52. The predicted octanol–water partition coefficient (Wildman–Crippen LogP) is 5.60. The Balaban J connectivity index is 0.000000238. The number of rotatable bonds is 1. The van der Waals surface area contributed by atoms with Gasteiger partial charge in [-0.2, -0.15) is 0 Å². The molecule has 118 valence electrons. The number of hydrogen-bond donors (Lipinski definition) is 0. The minimum atomic E-state index is 0.692. The maximum absolute atomic E-state index is 7.08. The van der Waals surface area contributed by atoms with Gasteiger partial charge in [-0.25, -0.2) is 9.69 Å². The van der Waals surface area contributed by atoms with Crippen LogP contribution in [0.4, 0.5) is 17.1 Å². The van der Waals surface area contributed by atoms with Crippen molar-refractivity contribution in [1.29, 1.82) is 0 Å². The van der Waals surface area contributed by atoms with Crippen molar-refractivity contribution < 1.29 is 0 Å². The number of aryl methyl sites for hydroxylation is 3. The maximum Gasteiger partial charge on any atom is 0.246 e. The zero-order valence-corrected chi connectivity index (χ0v) is 14.8. The zero-order chi connectivity index (χ0) is 17.6. The molecule has 0 aliphatic carbocycles. The fourth-order valence-electron chi connectivity index (χ4n) is 2.13. The van der Waals surface area contributed by atoms with Crippen LogP contribution in [0.3, 0.4) is 0 Å². The molecule has 2 aromatic carbocycles. The molecular formula is C20H24N3+. The summed E-state index contributed by atoms with van der Waals surface area (Å²) >= 11 is 0. The van der Waals surface area contributed by atoms with E-state index in [9.17, 15) is 0 Å². The Morgan fingerprint density at radius 1 is 0.739 bits per heavy atom. The molecule has 0 N–H and O–H groups in total. The first-order chi connectivity index (χ1) is 10.7. The number of hydrogen-bond acceptors (Lipinski definition) is 0. The van der Waals surface area contributed by atoms with Gasteiger partial charge in [0.2, 0.25) is 5.69 Å². The lowest BCUT2D eigenvalue weighted by atomic mass is 10.1. The van der Waals surface area contributed by atoms with Crippen LogP contribution < -0.4 is 4.48 Å². The van der Waals surface area contributed by atoms with Crippen molar-refractivity contribution in [3.8, 4) is 0 Å². The Morgan fingerprint density at radius 2 is 1.22 bits per heavy atom. The van der Waals surface area contributed by atoms with Gasteiger partial charge in [-0.15, -0.1) is 0 Å². The lowest BCUT2D eigenvalue weighted by molar-refractivity contribution is 0.488. The molecule has 0 heterocycles. The van der Waals surface area contributed by atoms with Gasteiger partial charge in [-0.1, -0.05) is 35.4 Å². The first-order valence-electron chi connectivity index (χ1n) is 7.44. The normalized spacial score (nSPS) is 10.1. The minimum absolute atomic E-state index is 0.692. The van der Waals surface area contributed by atoms with Gasteiger partial charge in [0, 0.05) is 0 Å². The van der Waals surface area contributed by atoms with Gasteiger partial charge < -0.3 is 4.48 Å². The Morgan fingerprint density at radius 3 is 1.65 bits per heavy atom. The molecule has 0 aliphatic rings. The number of quaternary nitrogens is 1. The van der Waals surface area contributed by atoms with Gasteiger partial charge in [-0.3, -0.25) is 0 Å². The quantitative estimate of drug-likeness (QED) is 0.479. The van der Waals surface area contributed by atoms with E-state index in [2.05, 4.69) is 30.8 Å². The molecule has 0 saturated carbocycles. The van der Waals surface area contributed by atoms with E-state index in [1.165, 1.54) is 0 Å². The third kappa shape index (κ3) is 5.25. The summed E-state index contributed by atoms with van der Waals surface area (Å²) in [6.45, 7) is 19.8. The largest absolute Gasteiger partial charge is 0.307 e. The van der Waals surface area contributed by atoms with Crippen LogP contribution in [0.2, 0.25) is 0 Å². The van der Waals surface area contributed by atoms with Crippen molar-refractivity contribution in [2.45, 2.75) is 20.8 Å². The summed E-state index contributed by atoms with van der Waals surface area (Å²) in [5, 5.41) is 0. The highest BCUT2D eigenvalue weighted by molar-refractivity contribution is 5.69. The fourth-order valence-corrected chi connectivity index (χ4v) is 2.13. The summed E-state index contributed by atoms with van der Waals surface area (Å²) in [7, 11) is 6.21. The Hall–Kier alpha value is -2.62. The molecule has 0 saturated heterocycles. The van der Waals surface area contributed by atoms with Gasteiger partial charge in [0.1, 0.15) is 5.69 Å². The molecule has 0 fully saturated rings. The molecule has 0 amide bonds. The molecule has 3 heteroatoms. The average molecular weight is 306 g/mol. The maximum atomic E-state index is 7.08. The van der Waals surface area contributed by atoms with Crippen LogP contribution in [-0.2, 0) is 0 Å². The molecule has 23 heavy (non-hydrogen) atoms. The van der Waals surface area contributed by atoms with Crippen molar-refractivity contribution in [1.82, 2.24) is 4.48 Å². The SMILES string of the molecule is [C-]#[N+]c1cc(C)ccc1C.[C-]#[N+]c1cc(C)ccc1[N+](C)(C)C. The highest BCUT2D eigenvalue weighted by atomic mass is 15.3. The molecule has 0 unspecified atom stereocenters. The average Bonchev–Trinajstić information content (AvgIpc) is 2.49. The third-order valence-corrected chi connectivity index (χ3v) is 3.46. The minimum Gasteiger partial charge on any atom is -0.307 e. The lowest BCUT2D eigenvalue weighted by Crippen LogP contribution is -2.34. The van der Waals surface area contributed by atoms with Crippen LogP contribution in [0.1, 0.15) is 16.7 Å². The molecule has 0 spiro atoms. The van der Waals surface area contributed by atoms with E-state index >= 15 is 0 Å². The van der Waals surface area contributed by atoms with Crippen LogP contribution in [0.5, 0.6) is 0 Å². The highest BCUT2D eigenvalue weighted by Gasteiger charge is 2.17. The smallest absolute Gasteiger partial charge is 0.246 e. The second kappa shape index (κ2) is 7.58. The van der Waals surface area contributed by atoms with Crippen molar-refractivity contribution in [3.05, 3.63) is 75.9 Å². The van der Waals surface area contributed by atoms with E-state index in [1.54, 1.807) is 0 Å². The Bertz CT molecular complexity index is 769. The Kier molecular flexibility index (Phi) is 6.08. The summed E-state index contributed by atoms with van der Waals surface area (Å²) in [5.74, 6) is 0. The van der Waals surface area contributed by atoms with E-state index < -0.39 is 0 Å². The molecule has 3 nitrogen and oxygen atoms in total. The van der Waals surface area contributed by atoms with E-state index in [0.29, 0.717) is 4.48 Å². The zero-order valence-electron chi connectivity index (χ0n) is 14.8. The topological polar surface area (TPSA) is 8.72 Å². The summed E-state index contributed by atoms with van der Waals surface area (Å²) in [5.41, 5.74) is 5.94. The second-order valence-corrected chi connectivity index (χ2v) is 6.52. The van der Waals surface area contributed by atoms with Crippen LogP contribution in [0, 0.1) is 33.9 Å². The van der Waals surface area contributed by atoms with Gasteiger partial charge >= 0.3 is 0 Å². The highest BCUT2D eigenvalue weighted by Crippen LogP contribution is 2.31. The van der Waals surface area contributed by atoms with Crippen LogP contribution in [-0.4, -0.2) is 21.1 Å². The van der Waals surface area contributed by atoms with Crippen molar-refractivity contribution in [3.63, 3.8) is 0 Å². The molecule has 0 aromatic heterocycles. The molecule has 2 aromatic rings. The fraction of sp³-hybridized carbons (Fsp3) is 0.300. The predicted molar refractivity (Wildman–Crippen MR) is 99.2 cm³/mol. The first-order valence-corrected chi connectivity index (χ1v) is 7.44.